The Hall–Kier alpha value is -2.03. The molecule has 0 spiro atoms. The van der Waals surface area contributed by atoms with Gasteiger partial charge in [-0.05, 0) is 12.1 Å². The molecular weight excluding hydrogens is 413 g/mol. The molecule has 2 aromatic carbocycles. The van der Waals surface area contributed by atoms with E-state index in [9.17, 15) is 22.0 Å². The Kier molecular flexibility index (Phi) is 6.09. The third kappa shape index (κ3) is 4.36. The Morgan fingerprint density at radius 3 is 2.63 bits per heavy atom. The van der Waals surface area contributed by atoms with Crippen LogP contribution in [0.3, 0.4) is 0 Å². The van der Waals surface area contributed by atoms with Crippen LogP contribution in [0.1, 0.15) is 30.7 Å². The molecule has 1 saturated carbocycles. The van der Waals surface area contributed by atoms with E-state index in [1.54, 1.807) is 11.2 Å². The van der Waals surface area contributed by atoms with E-state index in [4.69, 9.17) is 0 Å². The Bertz CT molecular complexity index is 1030. The number of piperidine rings is 1. The molecule has 1 N–H and O–H groups in total. The molecule has 1 aliphatic heterocycles. The summed E-state index contributed by atoms with van der Waals surface area (Å²) in [5, 5.41) is 0. The van der Waals surface area contributed by atoms with Crippen molar-refractivity contribution < 1.29 is 22.0 Å². The van der Waals surface area contributed by atoms with E-state index in [2.05, 4.69) is 4.72 Å². The number of benzene rings is 2. The molecule has 160 valence electrons. The van der Waals surface area contributed by atoms with Gasteiger partial charge in [-0.1, -0.05) is 6.07 Å². The minimum absolute atomic E-state index is 0.0250. The second kappa shape index (κ2) is 8.61. The van der Waals surface area contributed by atoms with Gasteiger partial charge in [0.05, 0.1) is 0 Å². The number of nitrogens with zero attached hydrogens (tertiary/aromatic N) is 1. The first-order chi connectivity index (χ1) is 14.3. The summed E-state index contributed by atoms with van der Waals surface area (Å²) < 4.78 is 57.1. The van der Waals surface area contributed by atoms with Crippen LogP contribution in [-0.2, 0) is 19.7 Å². The summed E-state index contributed by atoms with van der Waals surface area (Å²) in [7, 11) is -1.16. The summed E-state index contributed by atoms with van der Waals surface area (Å²) in [5.41, 5.74) is 0.545. The van der Waals surface area contributed by atoms with Crippen molar-refractivity contribution in [1.82, 2.24) is 9.62 Å². The molecule has 1 saturated heterocycles. The summed E-state index contributed by atoms with van der Waals surface area (Å²) in [6.07, 6.45) is 3.73. The van der Waals surface area contributed by atoms with Crippen molar-refractivity contribution in [2.45, 2.75) is 31.2 Å². The number of nitrogens with one attached hydrogen (secondary N) is 1. The van der Waals surface area contributed by atoms with Crippen LogP contribution in [0.25, 0.3) is 11.1 Å². The van der Waals surface area contributed by atoms with Gasteiger partial charge in [0.25, 0.3) is 0 Å². The summed E-state index contributed by atoms with van der Waals surface area (Å²) >= 11 is 0. The van der Waals surface area contributed by atoms with Crippen molar-refractivity contribution in [3.05, 3.63) is 59.4 Å². The average molecular weight is 436 g/mol. The van der Waals surface area contributed by atoms with E-state index in [-0.39, 0.29) is 34.9 Å². The van der Waals surface area contributed by atoms with E-state index in [0.29, 0.717) is 25.1 Å². The third-order valence-electron chi connectivity index (χ3n) is 5.82. The number of amides is 1. The van der Waals surface area contributed by atoms with Gasteiger partial charge < -0.3 is 0 Å². The maximum atomic E-state index is 14.4. The molecule has 0 radical (unpaired) electrons. The molecule has 4 rings (SSSR count). The van der Waals surface area contributed by atoms with Crippen molar-refractivity contribution in [3.63, 3.8) is 0 Å². The normalized spacial score (nSPS) is 23.6. The standard InChI is InChI=1S/C22H23F3N2O2S/c1-30(29)26-14-4-3-9-27(12-14)22(28)18-11-17(18)16-10-13(23)7-8-15(16)21-19(24)5-2-6-20(21)25/h2,5-8,10,14,17-18,26H,3-4,9,11-12H2,1H3. The summed E-state index contributed by atoms with van der Waals surface area (Å²) in [6.45, 7) is 1.09. The van der Waals surface area contributed by atoms with Gasteiger partial charge in [0.1, 0.15) is 0 Å². The van der Waals surface area contributed by atoms with E-state index >= 15 is 0 Å². The van der Waals surface area contributed by atoms with Gasteiger partial charge in [-0.15, -0.1) is 0 Å². The van der Waals surface area contributed by atoms with E-state index in [1.807, 2.05) is 0 Å². The van der Waals surface area contributed by atoms with Gasteiger partial charge in [0.2, 0.25) is 0 Å². The Balaban J connectivity index is 1.56. The van der Waals surface area contributed by atoms with Crippen molar-refractivity contribution in [2.75, 3.05) is 19.3 Å². The fraction of sp³-hybridized carbons (Fsp3) is 0.409. The number of likely N-dealkylation sites (tertiary alicyclic amines) is 1. The van der Waals surface area contributed by atoms with Crippen LogP contribution in [-0.4, -0.2) is 36.2 Å². The van der Waals surface area contributed by atoms with Crippen molar-refractivity contribution in [1.29, 1.82) is 0 Å². The SMILES string of the molecule is C[S-](#[O+])NC1CCCN(C(=O)C2CC2c2cc(F)ccc2-c2c(F)cccc2F)C1. The Labute approximate surface area is 175 Å². The molecule has 2 aliphatic rings. The molecule has 1 heterocycles. The van der Waals surface area contributed by atoms with Crippen LogP contribution in [0.4, 0.5) is 13.2 Å². The molecule has 0 aromatic heterocycles. The van der Waals surface area contributed by atoms with E-state index < -0.39 is 28.3 Å². The van der Waals surface area contributed by atoms with Gasteiger partial charge in [-0.25, -0.2) is 8.78 Å². The molecule has 0 bridgehead atoms. The molecule has 2 aromatic rings. The number of halogens is 3. The summed E-state index contributed by atoms with van der Waals surface area (Å²) in [5.74, 6) is -2.61. The fourth-order valence-corrected chi connectivity index (χ4v) is 5.04. The predicted octanol–water partition coefficient (Wildman–Crippen LogP) is 3.96. The first-order valence-corrected chi connectivity index (χ1v) is 11.5. The van der Waals surface area contributed by atoms with Crippen LogP contribution >= 0.6 is 0 Å². The third-order valence-corrected chi connectivity index (χ3v) is 6.48. The first-order valence-electron chi connectivity index (χ1n) is 9.97. The fourth-order valence-electron chi connectivity index (χ4n) is 4.38. The molecule has 3 atom stereocenters. The van der Waals surface area contributed by atoms with E-state index in [0.717, 1.165) is 12.8 Å². The first kappa shape index (κ1) is 21.2. The van der Waals surface area contributed by atoms with Crippen molar-refractivity contribution >= 4 is 16.7 Å². The second-order valence-corrected chi connectivity index (χ2v) is 9.12. The molecule has 4 nitrogen and oxygen atoms in total. The number of hydrogen-bond acceptors (Lipinski definition) is 3. The molecule has 30 heavy (non-hydrogen) atoms. The molecule has 3 unspecified atom stereocenters. The zero-order valence-electron chi connectivity index (χ0n) is 16.5. The molecule has 2 fully saturated rings. The number of rotatable bonds is 4. The van der Waals surface area contributed by atoms with Crippen LogP contribution in [0.5, 0.6) is 0 Å². The summed E-state index contributed by atoms with van der Waals surface area (Å²) in [4.78, 5) is 14.8. The minimum atomic E-state index is -1.16. The second-order valence-electron chi connectivity index (χ2n) is 7.97. The van der Waals surface area contributed by atoms with Gasteiger partial charge in [-0.2, -0.15) is 0 Å². The van der Waals surface area contributed by atoms with Crippen molar-refractivity contribution in [2.24, 2.45) is 5.92 Å². The van der Waals surface area contributed by atoms with Crippen LogP contribution in [0, 0.1) is 23.4 Å². The Morgan fingerprint density at radius 1 is 1.20 bits per heavy atom. The molecular formula is C22H23F3N2O2S. The zero-order valence-corrected chi connectivity index (χ0v) is 17.4. The number of hydrogen-bond donors (Lipinski definition) is 1. The Morgan fingerprint density at radius 2 is 1.93 bits per heavy atom. The van der Waals surface area contributed by atoms with Crippen LogP contribution in [0.2, 0.25) is 0 Å². The quantitative estimate of drug-likeness (QED) is 0.583. The van der Waals surface area contributed by atoms with Crippen LogP contribution in [0.15, 0.2) is 36.4 Å². The van der Waals surface area contributed by atoms with Gasteiger partial charge in [-0.3, -0.25) is 0 Å². The zero-order chi connectivity index (χ0) is 21.4. The van der Waals surface area contributed by atoms with Crippen molar-refractivity contribution in [3.8, 4) is 11.1 Å². The molecule has 1 aliphatic carbocycles. The van der Waals surface area contributed by atoms with Gasteiger partial charge in [0, 0.05) is 0 Å². The number of carbonyl (C=O) groups excluding carboxylic acids is 1. The van der Waals surface area contributed by atoms with E-state index in [1.165, 1.54) is 36.4 Å². The summed E-state index contributed by atoms with van der Waals surface area (Å²) in [6, 6.07) is 7.42. The predicted molar refractivity (Wildman–Crippen MR) is 109 cm³/mol. The number of carbonyl (C=O) groups is 1. The molecule has 8 heteroatoms. The monoisotopic (exact) mass is 436 g/mol. The van der Waals surface area contributed by atoms with Gasteiger partial charge in [0.15, 0.2) is 0 Å². The average Bonchev–Trinajstić information content (AvgIpc) is 3.48. The van der Waals surface area contributed by atoms with Crippen LogP contribution < -0.4 is 4.72 Å². The van der Waals surface area contributed by atoms with Gasteiger partial charge >= 0.3 is 148 Å². The molecule has 1 amide bonds. The topological polar surface area (TPSA) is 52.2 Å². The maximum absolute atomic E-state index is 14.4.